The van der Waals surface area contributed by atoms with E-state index >= 15 is 0 Å². The summed E-state index contributed by atoms with van der Waals surface area (Å²) in [7, 11) is 0. The average Bonchev–Trinajstić information content (AvgIpc) is 2.74. The van der Waals surface area contributed by atoms with Crippen LogP contribution in [0.4, 0.5) is 0 Å². The van der Waals surface area contributed by atoms with Gasteiger partial charge in [0.25, 0.3) is 0 Å². The van der Waals surface area contributed by atoms with E-state index in [0.717, 1.165) is 37.7 Å². The van der Waals surface area contributed by atoms with Crippen LogP contribution in [-0.2, 0) is 9.63 Å². The van der Waals surface area contributed by atoms with Crippen LogP contribution in [0.2, 0.25) is 5.02 Å². The highest BCUT2D eigenvalue weighted by Gasteiger charge is 2.26. The molecular weight excluding hydrogens is 386 g/mol. The number of carbonyl (C=O) groups excluding carboxylic acids is 1. The molecule has 6 heteroatoms. The molecule has 1 heterocycles. The van der Waals surface area contributed by atoms with Crippen molar-refractivity contribution in [3.05, 3.63) is 70.7 Å². The van der Waals surface area contributed by atoms with Crippen LogP contribution in [0.15, 0.2) is 54.6 Å². The molecule has 2 aromatic rings. The predicted molar refractivity (Wildman–Crippen MR) is 117 cm³/mol. The van der Waals surface area contributed by atoms with Crippen molar-refractivity contribution in [1.29, 1.82) is 0 Å². The summed E-state index contributed by atoms with van der Waals surface area (Å²) in [5.41, 5.74) is 5.06. The van der Waals surface area contributed by atoms with Crippen LogP contribution in [-0.4, -0.2) is 55.0 Å². The molecule has 156 valence electrons. The van der Waals surface area contributed by atoms with E-state index in [2.05, 4.69) is 57.7 Å². The van der Waals surface area contributed by atoms with Crippen LogP contribution in [0.1, 0.15) is 31.0 Å². The monoisotopic (exact) mass is 415 g/mol. The average molecular weight is 416 g/mol. The maximum absolute atomic E-state index is 11.5. The van der Waals surface area contributed by atoms with Crippen molar-refractivity contribution < 1.29 is 9.63 Å². The number of piperazine rings is 1. The Morgan fingerprint density at radius 3 is 2.24 bits per heavy atom. The van der Waals surface area contributed by atoms with Gasteiger partial charge in [-0.2, -0.15) is 0 Å². The number of benzene rings is 2. The van der Waals surface area contributed by atoms with Crippen LogP contribution < -0.4 is 5.48 Å². The zero-order valence-electron chi connectivity index (χ0n) is 17.2. The standard InChI is InChI=1S/C23H30ClN3O2/c1-18(2)23(28)25-29-17-16-26-12-14-27(15-13-26)22(19-6-4-3-5-7-19)20-8-10-21(24)11-9-20/h3-11,18,22H,12-17H2,1-2H3,(H,25,28). The SMILES string of the molecule is CC(C)C(=O)NOCCN1CCN(C(c2ccccc2)c2ccc(Cl)cc2)CC1. The van der Waals surface area contributed by atoms with Gasteiger partial charge in [0.2, 0.25) is 5.91 Å². The molecule has 3 rings (SSSR count). The van der Waals surface area contributed by atoms with Gasteiger partial charge in [-0.05, 0) is 23.3 Å². The number of rotatable bonds is 8. The number of amides is 1. The lowest BCUT2D eigenvalue weighted by molar-refractivity contribution is -0.137. The fraction of sp³-hybridized carbons (Fsp3) is 0.435. The maximum Gasteiger partial charge on any atom is 0.246 e. The van der Waals surface area contributed by atoms with Crippen molar-refractivity contribution in [3.8, 4) is 0 Å². The minimum absolute atomic E-state index is 0.0682. The molecule has 1 fully saturated rings. The molecule has 1 aliphatic rings. The Morgan fingerprint density at radius 1 is 1.00 bits per heavy atom. The van der Waals surface area contributed by atoms with Crippen LogP contribution >= 0.6 is 11.6 Å². The summed E-state index contributed by atoms with van der Waals surface area (Å²) >= 11 is 6.11. The van der Waals surface area contributed by atoms with Crippen LogP contribution in [0, 0.1) is 5.92 Å². The largest absolute Gasteiger partial charge is 0.298 e. The summed E-state index contributed by atoms with van der Waals surface area (Å²) in [6.07, 6.45) is 0. The van der Waals surface area contributed by atoms with Gasteiger partial charge in [0.1, 0.15) is 0 Å². The molecule has 1 N–H and O–H groups in total. The van der Waals surface area contributed by atoms with Gasteiger partial charge in [0, 0.05) is 43.7 Å². The fourth-order valence-corrected chi connectivity index (χ4v) is 3.68. The first kappa shape index (κ1) is 21.8. The molecule has 1 aliphatic heterocycles. The number of nitrogens with one attached hydrogen (secondary N) is 1. The van der Waals surface area contributed by atoms with Gasteiger partial charge in [-0.15, -0.1) is 0 Å². The number of nitrogens with zero attached hydrogens (tertiary/aromatic N) is 2. The lowest BCUT2D eigenvalue weighted by Gasteiger charge is -2.39. The smallest absolute Gasteiger partial charge is 0.246 e. The van der Waals surface area contributed by atoms with Gasteiger partial charge >= 0.3 is 0 Å². The van der Waals surface area contributed by atoms with E-state index in [9.17, 15) is 4.79 Å². The summed E-state index contributed by atoms with van der Waals surface area (Å²) in [5.74, 6) is -0.148. The molecule has 1 amide bonds. The Balaban J connectivity index is 1.56. The maximum atomic E-state index is 11.5. The topological polar surface area (TPSA) is 44.8 Å². The lowest BCUT2D eigenvalue weighted by atomic mass is 9.96. The molecule has 0 aliphatic carbocycles. The highest BCUT2D eigenvalue weighted by atomic mass is 35.5. The quantitative estimate of drug-likeness (QED) is 0.526. The first-order valence-electron chi connectivity index (χ1n) is 10.2. The van der Waals surface area contributed by atoms with E-state index in [1.807, 2.05) is 26.0 Å². The minimum Gasteiger partial charge on any atom is -0.298 e. The molecule has 1 saturated heterocycles. The third-order valence-corrected chi connectivity index (χ3v) is 5.53. The summed E-state index contributed by atoms with van der Waals surface area (Å²) in [6.45, 7) is 8.89. The molecule has 1 unspecified atom stereocenters. The van der Waals surface area contributed by atoms with Crippen molar-refractivity contribution in [2.45, 2.75) is 19.9 Å². The number of hydrogen-bond acceptors (Lipinski definition) is 4. The molecule has 5 nitrogen and oxygen atoms in total. The van der Waals surface area contributed by atoms with Crippen molar-refractivity contribution in [1.82, 2.24) is 15.3 Å². The second kappa shape index (κ2) is 10.7. The summed E-state index contributed by atoms with van der Waals surface area (Å²) in [6, 6.07) is 19.0. The molecule has 0 bridgehead atoms. The highest BCUT2D eigenvalue weighted by molar-refractivity contribution is 6.30. The lowest BCUT2D eigenvalue weighted by Crippen LogP contribution is -2.48. The Hall–Kier alpha value is -1.92. The molecule has 2 aromatic carbocycles. The van der Waals surface area contributed by atoms with E-state index in [1.165, 1.54) is 11.1 Å². The normalized spacial score (nSPS) is 16.7. The molecule has 0 radical (unpaired) electrons. The second-order valence-electron chi connectivity index (χ2n) is 7.71. The Kier molecular flexibility index (Phi) is 8.07. The fourth-order valence-electron chi connectivity index (χ4n) is 3.55. The van der Waals surface area contributed by atoms with Gasteiger partial charge < -0.3 is 0 Å². The number of hydrogen-bond donors (Lipinski definition) is 1. The zero-order valence-corrected chi connectivity index (χ0v) is 17.9. The van der Waals surface area contributed by atoms with E-state index < -0.39 is 0 Å². The third kappa shape index (κ3) is 6.28. The van der Waals surface area contributed by atoms with Crippen molar-refractivity contribution in [3.63, 3.8) is 0 Å². The molecule has 0 spiro atoms. The number of halogens is 1. The van der Waals surface area contributed by atoms with E-state index in [1.54, 1.807) is 0 Å². The van der Waals surface area contributed by atoms with Crippen molar-refractivity contribution in [2.75, 3.05) is 39.3 Å². The summed E-state index contributed by atoms with van der Waals surface area (Å²) < 4.78 is 0. The highest BCUT2D eigenvalue weighted by Crippen LogP contribution is 2.30. The molecule has 29 heavy (non-hydrogen) atoms. The van der Waals surface area contributed by atoms with Gasteiger partial charge in [-0.25, -0.2) is 5.48 Å². The summed E-state index contributed by atoms with van der Waals surface area (Å²) in [5, 5.41) is 0.759. The first-order valence-corrected chi connectivity index (χ1v) is 10.6. The molecule has 0 saturated carbocycles. The second-order valence-corrected chi connectivity index (χ2v) is 8.15. The zero-order chi connectivity index (χ0) is 20.6. The first-order chi connectivity index (χ1) is 14.0. The summed E-state index contributed by atoms with van der Waals surface area (Å²) in [4.78, 5) is 21.8. The number of hydroxylamine groups is 1. The number of carbonyl (C=O) groups is 1. The van der Waals surface area contributed by atoms with E-state index in [0.29, 0.717) is 6.61 Å². The van der Waals surface area contributed by atoms with Gasteiger partial charge in [-0.1, -0.05) is 67.9 Å². The van der Waals surface area contributed by atoms with Crippen LogP contribution in [0.5, 0.6) is 0 Å². The molecule has 1 atom stereocenters. The van der Waals surface area contributed by atoms with Gasteiger partial charge in [-0.3, -0.25) is 19.4 Å². The van der Waals surface area contributed by atoms with Gasteiger partial charge in [0.05, 0.1) is 12.6 Å². The van der Waals surface area contributed by atoms with Crippen LogP contribution in [0.3, 0.4) is 0 Å². The third-order valence-electron chi connectivity index (χ3n) is 5.28. The van der Waals surface area contributed by atoms with E-state index in [4.69, 9.17) is 16.4 Å². The van der Waals surface area contributed by atoms with Gasteiger partial charge in [0.15, 0.2) is 0 Å². The van der Waals surface area contributed by atoms with Crippen LogP contribution in [0.25, 0.3) is 0 Å². The van der Waals surface area contributed by atoms with E-state index in [-0.39, 0.29) is 17.9 Å². The minimum atomic E-state index is -0.0801. The Labute approximate surface area is 178 Å². The predicted octanol–water partition coefficient (Wildman–Crippen LogP) is 3.75. The molecular formula is C23H30ClN3O2. The van der Waals surface area contributed by atoms with Crippen molar-refractivity contribution in [2.24, 2.45) is 5.92 Å². The Morgan fingerprint density at radius 2 is 1.62 bits per heavy atom. The Bertz CT molecular complexity index is 759. The van der Waals surface area contributed by atoms with Crippen molar-refractivity contribution >= 4 is 17.5 Å². The molecule has 0 aromatic heterocycles.